The zero-order valence-electron chi connectivity index (χ0n) is 5.89. The van der Waals surface area contributed by atoms with E-state index in [4.69, 9.17) is 0 Å². The van der Waals surface area contributed by atoms with Crippen LogP contribution in [0, 0.1) is 0 Å². The Hall–Kier alpha value is -0.430. The van der Waals surface area contributed by atoms with Crippen LogP contribution in [0.4, 0.5) is 0 Å². The topological polar surface area (TPSA) is 0 Å². The van der Waals surface area contributed by atoms with Crippen LogP contribution in [0.15, 0.2) is 35.3 Å². The summed E-state index contributed by atoms with van der Waals surface area (Å²) in [6.45, 7) is 7.58. The second-order valence-electron chi connectivity index (χ2n) is 1.77. The Kier molecular flexibility index (Phi) is 4.24. The van der Waals surface area contributed by atoms with Crippen LogP contribution in [0.3, 0.4) is 0 Å². The van der Waals surface area contributed by atoms with E-state index in [0.717, 1.165) is 10.5 Å². The maximum Gasteiger partial charge on any atom is 0.00632 e. The zero-order valence-corrected chi connectivity index (χ0v) is 6.78. The van der Waals surface area contributed by atoms with Gasteiger partial charge in [-0.1, -0.05) is 24.8 Å². The first-order valence-corrected chi connectivity index (χ1v) is 3.32. The average molecular weight is 140 g/mol. The van der Waals surface area contributed by atoms with E-state index in [1.165, 1.54) is 0 Å². The van der Waals surface area contributed by atoms with E-state index in [1.807, 2.05) is 26.0 Å². The van der Waals surface area contributed by atoms with Gasteiger partial charge in [-0.2, -0.15) is 0 Å². The van der Waals surface area contributed by atoms with Crippen LogP contribution in [0.1, 0.15) is 13.8 Å². The predicted octanol–water partition coefficient (Wildman–Crippen LogP) is 2.95. The van der Waals surface area contributed by atoms with E-state index in [9.17, 15) is 0 Å². The van der Waals surface area contributed by atoms with Crippen molar-refractivity contribution in [1.29, 1.82) is 0 Å². The molecule has 0 aliphatic heterocycles. The molecule has 0 bridgehead atoms. The molecule has 0 aliphatic carbocycles. The SMILES string of the molecule is C=C/C(S)=C(C)\C=C/C. The molecule has 0 aromatic rings. The molecule has 9 heavy (non-hydrogen) atoms. The van der Waals surface area contributed by atoms with Crippen molar-refractivity contribution in [3.05, 3.63) is 35.3 Å². The lowest BCUT2D eigenvalue weighted by Gasteiger charge is -1.92. The summed E-state index contributed by atoms with van der Waals surface area (Å²) in [7, 11) is 0. The van der Waals surface area contributed by atoms with Crippen molar-refractivity contribution >= 4 is 12.6 Å². The monoisotopic (exact) mass is 140 g/mol. The number of thiol groups is 1. The van der Waals surface area contributed by atoms with Crippen molar-refractivity contribution in [1.82, 2.24) is 0 Å². The van der Waals surface area contributed by atoms with Crippen molar-refractivity contribution < 1.29 is 0 Å². The Bertz CT molecular complexity index is 152. The highest BCUT2D eigenvalue weighted by Crippen LogP contribution is 2.09. The van der Waals surface area contributed by atoms with Gasteiger partial charge in [0.25, 0.3) is 0 Å². The minimum atomic E-state index is 0.938. The van der Waals surface area contributed by atoms with E-state index >= 15 is 0 Å². The minimum Gasteiger partial charge on any atom is -0.143 e. The molecule has 0 N–H and O–H groups in total. The van der Waals surface area contributed by atoms with Gasteiger partial charge in [-0.25, -0.2) is 0 Å². The largest absolute Gasteiger partial charge is 0.143 e. The molecule has 1 heteroatoms. The summed E-state index contributed by atoms with van der Waals surface area (Å²) in [5.74, 6) is 0. The summed E-state index contributed by atoms with van der Waals surface area (Å²) in [6, 6.07) is 0. The van der Waals surface area contributed by atoms with Crippen LogP contribution in [-0.2, 0) is 0 Å². The van der Waals surface area contributed by atoms with E-state index in [-0.39, 0.29) is 0 Å². The minimum absolute atomic E-state index is 0.938. The molecule has 0 saturated heterocycles. The predicted molar refractivity (Wildman–Crippen MR) is 46.7 cm³/mol. The third-order valence-corrected chi connectivity index (χ3v) is 1.55. The molecule has 0 aliphatic rings. The molecule has 0 fully saturated rings. The first-order chi connectivity index (χ1) is 4.22. The zero-order chi connectivity index (χ0) is 7.28. The van der Waals surface area contributed by atoms with Crippen LogP contribution in [-0.4, -0.2) is 0 Å². The van der Waals surface area contributed by atoms with Crippen LogP contribution in [0.2, 0.25) is 0 Å². The highest BCUT2D eigenvalue weighted by molar-refractivity contribution is 7.84. The number of rotatable bonds is 2. The summed E-state index contributed by atoms with van der Waals surface area (Å²) in [5, 5.41) is 0. The Labute approximate surface area is 62.4 Å². The second-order valence-corrected chi connectivity index (χ2v) is 2.25. The van der Waals surface area contributed by atoms with Gasteiger partial charge in [0.1, 0.15) is 0 Å². The highest BCUT2D eigenvalue weighted by atomic mass is 32.1. The van der Waals surface area contributed by atoms with Gasteiger partial charge in [0.05, 0.1) is 0 Å². The van der Waals surface area contributed by atoms with Gasteiger partial charge < -0.3 is 0 Å². The maximum absolute atomic E-state index is 4.17. The Morgan fingerprint density at radius 1 is 1.56 bits per heavy atom. The third kappa shape index (κ3) is 3.20. The van der Waals surface area contributed by atoms with E-state index in [0.29, 0.717) is 0 Å². The van der Waals surface area contributed by atoms with Gasteiger partial charge in [-0.3, -0.25) is 0 Å². The fraction of sp³-hybridized carbons (Fsp3) is 0.250. The van der Waals surface area contributed by atoms with Gasteiger partial charge in [-0.05, 0) is 19.4 Å². The molecule has 0 amide bonds. The fourth-order valence-corrected chi connectivity index (χ4v) is 0.571. The summed E-state index contributed by atoms with van der Waals surface area (Å²) >= 11 is 4.17. The molecule has 0 radical (unpaired) electrons. The van der Waals surface area contributed by atoms with Crippen molar-refractivity contribution in [2.75, 3.05) is 0 Å². The third-order valence-electron chi connectivity index (χ3n) is 1.01. The Morgan fingerprint density at radius 2 is 2.11 bits per heavy atom. The lowest BCUT2D eigenvalue weighted by molar-refractivity contribution is 1.49. The summed E-state index contributed by atoms with van der Waals surface area (Å²) in [6.07, 6.45) is 5.72. The number of hydrogen-bond acceptors (Lipinski definition) is 1. The van der Waals surface area contributed by atoms with E-state index in [1.54, 1.807) is 6.08 Å². The number of allylic oxidation sites excluding steroid dienone is 4. The Morgan fingerprint density at radius 3 is 2.44 bits per heavy atom. The van der Waals surface area contributed by atoms with Crippen LogP contribution in [0.5, 0.6) is 0 Å². The van der Waals surface area contributed by atoms with Crippen molar-refractivity contribution in [2.24, 2.45) is 0 Å². The van der Waals surface area contributed by atoms with Crippen molar-refractivity contribution in [2.45, 2.75) is 13.8 Å². The maximum atomic E-state index is 4.17. The van der Waals surface area contributed by atoms with Crippen LogP contribution < -0.4 is 0 Å². The summed E-state index contributed by atoms with van der Waals surface area (Å²) < 4.78 is 0. The van der Waals surface area contributed by atoms with Crippen molar-refractivity contribution in [3.63, 3.8) is 0 Å². The molecular weight excluding hydrogens is 128 g/mol. The molecule has 0 atom stereocenters. The van der Waals surface area contributed by atoms with Gasteiger partial charge in [-0.15, -0.1) is 12.6 Å². The summed E-state index contributed by atoms with van der Waals surface area (Å²) in [5.41, 5.74) is 1.15. The molecule has 0 rings (SSSR count). The standard InChI is InChI=1S/C8H12S/c1-4-6-7(3)8(9)5-2/h4-6,9H,2H2,1,3H3/b6-4-,8-7+. The molecule has 0 nitrogen and oxygen atoms in total. The molecule has 0 unspecified atom stereocenters. The Balaban J connectivity index is 4.27. The van der Waals surface area contributed by atoms with Gasteiger partial charge in [0, 0.05) is 4.91 Å². The molecule has 0 heterocycles. The van der Waals surface area contributed by atoms with Crippen LogP contribution >= 0.6 is 12.6 Å². The molecule has 0 spiro atoms. The first kappa shape index (κ1) is 8.57. The normalized spacial score (nSPS) is 13.7. The highest BCUT2D eigenvalue weighted by Gasteiger charge is 1.84. The molecular formula is C8H12S. The summed E-state index contributed by atoms with van der Waals surface area (Å²) in [4.78, 5) is 0.938. The average Bonchev–Trinajstić information content (AvgIpc) is 1.87. The van der Waals surface area contributed by atoms with E-state index in [2.05, 4.69) is 19.2 Å². The molecule has 0 aromatic carbocycles. The first-order valence-electron chi connectivity index (χ1n) is 2.87. The smallest absolute Gasteiger partial charge is 0.00632 e. The lowest BCUT2D eigenvalue weighted by Crippen LogP contribution is -1.70. The molecule has 0 aromatic heterocycles. The lowest BCUT2D eigenvalue weighted by atomic mass is 10.2. The molecule has 50 valence electrons. The molecule has 0 saturated carbocycles. The van der Waals surface area contributed by atoms with Gasteiger partial charge in [0.15, 0.2) is 0 Å². The van der Waals surface area contributed by atoms with E-state index < -0.39 is 0 Å². The van der Waals surface area contributed by atoms with Gasteiger partial charge >= 0.3 is 0 Å². The second kappa shape index (κ2) is 4.45. The van der Waals surface area contributed by atoms with Crippen molar-refractivity contribution in [3.8, 4) is 0 Å². The fourth-order valence-electron chi connectivity index (χ4n) is 0.496. The van der Waals surface area contributed by atoms with Crippen LogP contribution in [0.25, 0.3) is 0 Å². The van der Waals surface area contributed by atoms with Gasteiger partial charge in [0.2, 0.25) is 0 Å². The number of hydrogen-bond donors (Lipinski definition) is 1. The quantitative estimate of drug-likeness (QED) is 0.442.